The lowest BCUT2D eigenvalue weighted by Crippen LogP contribution is -2.56. The van der Waals surface area contributed by atoms with Gasteiger partial charge >= 0.3 is 6.18 Å². The molecular formula is C23H25F4N3O2. The van der Waals surface area contributed by atoms with Gasteiger partial charge in [0.25, 0.3) is 5.91 Å². The third-order valence-electron chi connectivity index (χ3n) is 5.46. The first-order valence-corrected chi connectivity index (χ1v) is 10.3. The van der Waals surface area contributed by atoms with Crippen LogP contribution in [-0.4, -0.2) is 48.9 Å². The van der Waals surface area contributed by atoms with Crippen LogP contribution in [0.4, 0.5) is 23.2 Å². The van der Waals surface area contributed by atoms with Gasteiger partial charge in [-0.3, -0.25) is 9.59 Å². The van der Waals surface area contributed by atoms with Gasteiger partial charge in [-0.25, -0.2) is 4.39 Å². The first-order chi connectivity index (χ1) is 15.1. The van der Waals surface area contributed by atoms with Gasteiger partial charge in [-0.15, -0.1) is 0 Å². The summed E-state index contributed by atoms with van der Waals surface area (Å²) in [5, 5.41) is 2.73. The number of anilines is 1. The molecule has 2 aromatic rings. The zero-order chi connectivity index (χ0) is 23.5. The first-order valence-electron chi connectivity index (χ1n) is 10.3. The van der Waals surface area contributed by atoms with Crippen molar-refractivity contribution in [1.29, 1.82) is 0 Å². The van der Waals surface area contributed by atoms with Gasteiger partial charge in [-0.1, -0.05) is 19.9 Å². The first kappa shape index (κ1) is 23.6. The van der Waals surface area contributed by atoms with E-state index in [0.29, 0.717) is 31.9 Å². The van der Waals surface area contributed by atoms with Crippen molar-refractivity contribution in [2.45, 2.75) is 26.1 Å². The number of nitrogens with one attached hydrogen (secondary N) is 1. The summed E-state index contributed by atoms with van der Waals surface area (Å²) in [4.78, 5) is 29.0. The van der Waals surface area contributed by atoms with E-state index < -0.39 is 29.5 Å². The second kappa shape index (κ2) is 9.58. The number of rotatable bonds is 5. The van der Waals surface area contributed by atoms with E-state index in [2.05, 4.69) is 5.32 Å². The third-order valence-corrected chi connectivity index (χ3v) is 5.46. The largest absolute Gasteiger partial charge is 0.416 e. The number of benzene rings is 2. The monoisotopic (exact) mass is 451 g/mol. The molecule has 1 saturated heterocycles. The molecule has 32 heavy (non-hydrogen) atoms. The van der Waals surface area contributed by atoms with Crippen molar-refractivity contribution in [3.63, 3.8) is 0 Å². The molecule has 1 unspecified atom stereocenters. The number of carbonyl (C=O) groups excluding carboxylic acids is 2. The van der Waals surface area contributed by atoms with Gasteiger partial charge in [-0.2, -0.15) is 13.2 Å². The molecular weight excluding hydrogens is 426 g/mol. The highest BCUT2D eigenvalue weighted by molar-refractivity contribution is 5.97. The van der Waals surface area contributed by atoms with Crippen molar-refractivity contribution in [3.05, 3.63) is 65.5 Å². The molecule has 0 spiro atoms. The Balaban J connectivity index is 1.63. The van der Waals surface area contributed by atoms with Crippen molar-refractivity contribution in [2.24, 2.45) is 5.92 Å². The van der Waals surface area contributed by atoms with E-state index in [-0.39, 0.29) is 17.4 Å². The Hall–Kier alpha value is -3.10. The molecule has 2 aromatic carbocycles. The number of alkyl halides is 3. The van der Waals surface area contributed by atoms with Crippen LogP contribution in [0.1, 0.15) is 29.8 Å². The minimum Gasteiger partial charge on any atom is -0.368 e. The van der Waals surface area contributed by atoms with Crippen LogP contribution in [0.2, 0.25) is 0 Å². The zero-order valence-corrected chi connectivity index (χ0v) is 17.8. The maximum absolute atomic E-state index is 13.1. The van der Waals surface area contributed by atoms with E-state index in [0.717, 1.165) is 12.1 Å². The summed E-state index contributed by atoms with van der Waals surface area (Å²) >= 11 is 0. The van der Waals surface area contributed by atoms with Crippen LogP contribution in [-0.2, 0) is 11.0 Å². The highest BCUT2D eigenvalue weighted by Gasteiger charge is 2.33. The Morgan fingerprint density at radius 1 is 0.969 bits per heavy atom. The molecule has 0 saturated carbocycles. The molecule has 0 bridgehead atoms. The Morgan fingerprint density at radius 3 is 2.16 bits per heavy atom. The Morgan fingerprint density at radius 2 is 1.59 bits per heavy atom. The molecule has 1 aliphatic rings. The molecule has 0 aromatic heterocycles. The predicted molar refractivity (Wildman–Crippen MR) is 113 cm³/mol. The fraction of sp³-hybridized carbons (Fsp3) is 0.391. The van der Waals surface area contributed by atoms with Crippen LogP contribution in [0, 0.1) is 11.7 Å². The number of hydrogen-bond donors (Lipinski definition) is 1. The number of amides is 2. The van der Waals surface area contributed by atoms with Gasteiger partial charge in [0.2, 0.25) is 5.91 Å². The van der Waals surface area contributed by atoms with Gasteiger partial charge in [0.05, 0.1) is 5.56 Å². The van der Waals surface area contributed by atoms with Crippen LogP contribution in [0.3, 0.4) is 0 Å². The summed E-state index contributed by atoms with van der Waals surface area (Å²) in [5.41, 5.74) is -0.00644. The number of piperazine rings is 1. The predicted octanol–water partition coefficient (Wildman–Crippen LogP) is 3.95. The van der Waals surface area contributed by atoms with Crippen molar-refractivity contribution in [3.8, 4) is 0 Å². The Labute approximate surface area is 184 Å². The lowest BCUT2D eigenvalue weighted by Gasteiger charge is -2.38. The fourth-order valence-electron chi connectivity index (χ4n) is 3.60. The van der Waals surface area contributed by atoms with Crippen LogP contribution in [0.15, 0.2) is 48.5 Å². The number of halogens is 4. The van der Waals surface area contributed by atoms with Crippen molar-refractivity contribution >= 4 is 17.5 Å². The van der Waals surface area contributed by atoms with E-state index in [1.165, 1.54) is 30.3 Å². The van der Waals surface area contributed by atoms with E-state index in [9.17, 15) is 27.2 Å². The molecule has 3 rings (SSSR count). The molecule has 0 aliphatic carbocycles. The van der Waals surface area contributed by atoms with Gasteiger partial charge in [0.15, 0.2) is 0 Å². The van der Waals surface area contributed by atoms with E-state index >= 15 is 0 Å². The topological polar surface area (TPSA) is 52.7 Å². The highest BCUT2D eigenvalue weighted by Crippen LogP contribution is 2.32. The number of carbonyl (C=O) groups is 2. The minimum absolute atomic E-state index is 0.187. The summed E-state index contributed by atoms with van der Waals surface area (Å²) in [7, 11) is 0. The quantitative estimate of drug-likeness (QED) is 0.701. The SMILES string of the molecule is CC(C)C(NC(=O)c1ccc(F)cc1)C(=O)N1CCN(c2cccc(C(F)(F)F)c2)CC1. The van der Waals surface area contributed by atoms with Crippen LogP contribution < -0.4 is 10.2 Å². The Kier molecular flexibility index (Phi) is 7.06. The molecule has 9 heteroatoms. The van der Waals surface area contributed by atoms with E-state index in [1.807, 2.05) is 13.8 Å². The molecule has 1 N–H and O–H groups in total. The van der Waals surface area contributed by atoms with Crippen LogP contribution >= 0.6 is 0 Å². The molecule has 1 heterocycles. The van der Waals surface area contributed by atoms with Gasteiger partial charge in [0, 0.05) is 37.4 Å². The zero-order valence-electron chi connectivity index (χ0n) is 17.8. The molecule has 1 aliphatic heterocycles. The van der Waals surface area contributed by atoms with E-state index in [4.69, 9.17) is 0 Å². The second-order valence-corrected chi connectivity index (χ2v) is 8.06. The lowest BCUT2D eigenvalue weighted by molar-refractivity contribution is -0.137. The number of nitrogens with zero attached hydrogens (tertiary/aromatic N) is 2. The molecule has 2 amide bonds. The standard InChI is InChI=1S/C23H25F4N3O2/c1-15(2)20(28-21(31)16-6-8-18(24)9-7-16)22(32)30-12-10-29(11-13-30)19-5-3-4-17(14-19)23(25,26)27/h3-9,14-15,20H,10-13H2,1-2H3,(H,28,31). The second-order valence-electron chi connectivity index (χ2n) is 8.06. The smallest absolute Gasteiger partial charge is 0.368 e. The molecule has 0 radical (unpaired) electrons. The average Bonchev–Trinajstić information content (AvgIpc) is 2.77. The minimum atomic E-state index is -4.42. The average molecular weight is 451 g/mol. The summed E-state index contributed by atoms with van der Waals surface area (Å²) in [5.74, 6) is -1.37. The van der Waals surface area contributed by atoms with Gasteiger partial charge in [0.1, 0.15) is 11.9 Å². The lowest BCUT2D eigenvalue weighted by atomic mass is 10.0. The van der Waals surface area contributed by atoms with Crippen molar-refractivity contribution in [1.82, 2.24) is 10.2 Å². The number of hydrogen-bond acceptors (Lipinski definition) is 3. The van der Waals surface area contributed by atoms with Crippen molar-refractivity contribution < 1.29 is 27.2 Å². The van der Waals surface area contributed by atoms with Crippen molar-refractivity contribution in [2.75, 3.05) is 31.1 Å². The Bertz CT molecular complexity index is 952. The molecule has 172 valence electrons. The highest BCUT2D eigenvalue weighted by atomic mass is 19.4. The third kappa shape index (κ3) is 5.57. The summed E-state index contributed by atoms with van der Waals surface area (Å²) in [6.45, 7) is 5.03. The van der Waals surface area contributed by atoms with Gasteiger partial charge < -0.3 is 15.1 Å². The summed E-state index contributed by atoms with van der Waals surface area (Å²) < 4.78 is 52.1. The summed E-state index contributed by atoms with van der Waals surface area (Å²) in [6.07, 6.45) is -4.42. The molecule has 1 atom stereocenters. The van der Waals surface area contributed by atoms with E-state index in [1.54, 1.807) is 15.9 Å². The molecule has 1 fully saturated rings. The fourth-order valence-corrected chi connectivity index (χ4v) is 3.60. The normalized spacial score (nSPS) is 15.6. The van der Waals surface area contributed by atoms with Gasteiger partial charge in [-0.05, 0) is 48.4 Å². The summed E-state index contributed by atoms with van der Waals surface area (Å²) in [6, 6.07) is 9.40. The maximum Gasteiger partial charge on any atom is 0.416 e. The molecule has 5 nitrogen and oxygen atoms in total. The van der Waals surface area contributed by atoms with Crippen LogP contribution in [0.25, 0.3) is 0 Å². The maximum atomic E-state index is 13.1. The van der Waals surface area contributed by atoms with Crippen LogP contribution in [0.5, 0.6) is 0 Å².